The van der Waals surface area contributed by atoms with Crippen LogP contribution in [0, 0.1) is 0 Å². The first kappa shape index (κ1) is 24.2. The number of benzene rings is 3. The summed E-state index contributed by atoms with van der Waals surface area (Å²) in [6, 6.07) is 28.6. The Morgan fingerprint density at radius 3 is 1.87 bits per heavy atom. The van der Waals surface area contributed by atoms with E-state index in [1.807, 2.05) is 102 Å². The lowest BCUT2D eigenvalue weighted by Crippen LogP contribution is -2.40. The summed E-state index contributed by atoms with van der Waals surface area (Å²) in [6.45, 7) is 0.366. The molecule has 3 aromatic heterocycles. The molecule has 0 aliphatic rings. The average Bonchev–Trinajstić information content (AvgIpc) is 3.38. The number of pyridine rings is 1. The maximum absolute atomic E-state index is 14.0. The van der Waals surface area contributed by atoms with Crippen LogP contribution in [0.2, 0.25) is 0 Å². The Kier molecular flexibility index (Phi) is 6.20. The smallest absolute Gasteiger partial charge is 0.333 e. The van der Waals surface area contributed by atoms with Gasteiger partial charge in [0.1, 0.15) is 17.1 Å². The number of imidazole rings is 1. The predicted octanol–water partition coefficient (Wildman–Crippen LogP) is 4.59. The maximum atomic E-state index is 14.0. The van der Waals surface area contributed by atoms with Crippen molar-refractivity contribution in [3.05, 3.63) is 129 Å². The lowest BCUT2D eigenvalue weighted by molar-refractivity contribution is 0.414. The van der Waals surface area contributed by atoms with Gasteiger partial charge in [0.2, 0.25) is 0 Å². The number of hydrogen-bond acceptors (Lipinski definition) is 5. The summed E-state index contributed by atoms with van der Waals surface area (Å²) in [5.74, 6) is 1.43. The Morgan fingerprint density at radius 2 is 1.28 bits per heavy atom. The zero-order valence-electron chi connectivity index (χ0n) is 21.6. The van der Waals surface area contributed by atoms with Crippen molar-refractivity contribution >= 4 is 16.8 Å². The fourth-order valence-electron chi connectivity index (χ4n) is 4.86. The van der Waals surface area contributed by atoms with Gasteiger partial charge in [-0.05, 0) is 53.1 Å². The molecular weight excluding hydrogens is 492 g/mol. The first-order valence-corrected chi connectivity index (χ1v) is 12.5. The van der Waals surface area contributed by atoms with E-state index in [0.717, 1.165) is 28.0 Å². The first-order chi connectivity index (χ1) is 19.1. The molecule has 8 nitrogen and oxygen atoms in total. The molecule has 0 saturated carbocycles. The Hall–Kier alpha value is -5.11. The standard InChI is InChI=1S/C31H26N4O4/c1-38-24-14-10-21(11-15-24)19-34-29-27(30(36)35(31(34)37)20-22-12-16-25(39-2)17-13-22)32-28-26(9-6-18-33(28)29)23-7-4-3-5-8-23/h3-18H,19-20H2,1-2H3. The number of aromatic nitrogens is 4. The van der Waals surface area contributed by atoms with Crippen LogP contribution >= 0.6 is 0 Å². The Balaban J connectivity index is 1.60. The summed E-state index contributed by atoms with van der Waals surface area (Å²) in [6.07, 6.45) is 1.84. The summed E-state index contributed by atoms with van der Waals surface area (Å²) in [4.78, 5) is 32.6. The van der Waals surface area contributed by atoms with Gasteiger partial charge < -0.3 is 9.47 Å². The minimum absolute atomic E-state index is 0.111. The van der Waals surface area contributed by atoms with Gasteiger partial charge >= 0.3 is 5.69 Å². The molecule has 6 rings (SSSR count). The van der Waals surface area contributed by atoms with Crippen molar-refractivity contribution in [3.8, 4) is 22.6 Å². The third-order valence-electron chi connectivity index (χ3n) is 6.87. The molecule has 39 heavy (non-hydrogen) atoms. The second kappa shape index (κ2) is 9.98. The minimum atomic E-state index is -0.431. The second-order valence-electron chi connectivity index (χ2n) is 9.22. The van der Waals surface area contributed by atoms with Gasteiger partial charge in [0, 0.05) is 11.8 Å². The second-order valence-corrected chi connectivity index (χ2v) is 9.22. The quantitative estimate of drug-likeness (QED) is 0.309. The highest BCUT2D eigenvalue weighted by atomic mass is 16.5. The fraction of sp³-hybridized carbons (Fsp3) is 0.129. The molecule has 8 heteroatoms. The molecule has 0 amide bonds. The van der Waals surface area contributed by atoms with Crippen molar-refractivity contribution < 1.29 is 9.47 Å². The average molecular weight is 519 g/mol. The monoisotopic (exact) mass is 518 g/mol. The lowest BCUT2D eigenvalue weighted by Gasteiger charge is -2.13. The highest BCUT2D eigenvalue weighted by Crippen LogP contribution is 2.26. The number of fused-ring (bicyclic) bond motifs is 3. The van der Waals surface area contributed by atoms with Gasteiger partial charge in [-0.25, -0.2) is 9.78 Å². The highest BCUT2D eigenvalue weighted by molar-refractivity contribution is 5.85. The zero-order valence-corrected chi connectivity index (χ0v) is 21.6. The van der Waals surface area contributed by atoms with Gasteiger partial charge in [0.15, 0.2) is 11.2 Å². The van der Waals surface area contributed by atoms with E-state index >= 15 is 0 Å². The van der Waals surface area contributed by atoms with Crippen LogP contribution in [0.25, 0.3) is 27.9 Å². The molecule has 0 unspecified atom stereocenters. The fourth-order valence-corrected chi connectivity index (χ4v) is 4.86. The molecule has 0 bridgehead atoms. The molecule has 0 radical (unpaired) electrons. The molecule has 0 fully saturated rings. The molecule has 0 saturated heterocycles. The van der Waals surface area contributed by atoms with Gasteiger partial charge in [0.25, 0.3) is 5.56 Å². The van der Waals surface area contributed by atoms with Crippen molar-refractivity contribution in [2.24, 2.45) is 0 Å². The molecular formula is C31H26N4O4. The van der Waals surface area contributed by atoms with E-state index in [0.29, 0.717) is 17.0 Å². The van der Waals surface area contributed by atoms with E-state index in [1.165, 1.54) is 4.57 Å². The van der Waals surface area contributed by atoms with Crippen LogP contribution < -0.4 is 20.7 Å². The number of nitrogens with zero attached hydrogens (tertiary/aromatic N) is 4. The van der Waals surface area contributed by atoms with Crippen LogP contribution in [0.1, 0.15) is 11.1 Å². The third kappa shape index (κ3) is 4.35. The predicted molar refractivity (Wildman–Crippen MR) is 151 cm³/mol. The van der Waals surface area contributed by atoms with Crippen LogP contribution in [-0.4, -0.2) is 32.7 Å². The van der Waals surface area contributed by atoms with Crippen molar-refractivity contribution in [1.29, 1.82) is 0 Å². The van der Waals surface area contributed by atoms with Gasteiger partial charge in [0.05, 0.1) is 27.3 Å². The van der Waals surface area contributed by atoms with Crippen molar-refractivity contribution in [3.63, 3.8) is 0 Å². The Morgan fingerprint density at radius 1 is 0.692 bits per heavy atom. The lowest BCUT2D eigenvalue weighted by atomic mass is 10.1. The van der Waals surface area contributed by atoms with E-state index in [2.05, 4.69) is 0 Å². The summed E-state index contributed by atoms with van der Waals surface area (Å²) < 4.78 is 15.3. The molecule has 194 valence electrons. The van der Waals surface area contributed by atoms with Gasteiger partial charge in [-0.1, -0.05) is 54.6 Å². The topological polar surface area (TPSA) is 79.8 Å². The number of methoxy groups -OCH3 is 2. The Labute approximate surface area is 223 Å². The highest BCUT2D eigenvalue weighted by Gasteiger charge is 2.21. The third-order valence-corrected chi connectivity index (χ3v) is 6.87. The van der Waals surface area contributed by atoms with E-state index in [9.17, 15) is 9.59 Å². The van der Waals surface area contributed by atoms with Crippen LogP contribution in [-0.2, 0) is 13.1 Å². The van der Waals surface area contributed by atoms with Crippen molar-refractivity contribution in [2.75, 3.05) is 14.2 Å². The van der Waals surface area contributed by atoms with Crippen LogP contribution in [0.15, 0.2) is 107 Å². The minimum Gasteiger partial charge on any atom is -0.497 e. The molecule has 0 aliphatic carbocycles. The van der Waals surface area contributed by atoms with Gasteiger partial charge in [-0.2, -0.15) is 0 Å². The zero-order chi connectivity index (χ0) is 26.9. The normalized spacial score (nSPS) is 11.2. The first-order valence-electron chi connectivity index (χ1n) is 12.5. The van der Waals surface area contributed by atoms with E-state index in [4.69, 9.17) is 14.5 Å². The van der Waals surface area contributed by atoms with Crippen LogP contribution in [0.3, 0.4) is 0 Å². The molecule has 0 atom stereocenters. The molecule has 0 aliphatic heterocycles. The number of hydrogen-bond donors (Lipinski definition) is 0. The molecule has 0 spiro atoms. The summed E-state index contributed by atoms with van der Waals surface area (Å²) >= 11 is 0. The molecule has 0 N–H and O–H groups in total. The number of rotatable bonds is 7. The van der Waals surface area contributed by atoms with Crippen LogP contribution in [0.4, 0.5) is 0 Å². The summed E-state index contributed by atoms with van der Waals surface area (Å²) in [5.41, 5.74) is 4.01. The van der Waals surface area contributed by atoms with E-state index < -0.39 is 11.2 Å². The van der Waals surface area contributed by atoms with Crippen LogP contribution in [0.5, 0.6) is 11.5 Å². The summed E-state index contributed by atoms with van der Waals surface area (Å²) in [7, 11) is 3.21. The van der Waals surface area contributed by atoms with Crippen molar-refractivity contribution in [1.82, 2.24) is 18.5 Å². The number of ether oxygens (including phenoxy) is 2. The van der Waals surface area contributed by atoms with E-state index in [-0.39, 0.29) is 18.6 Å². The van der Waals surface area contributed by atoms with E-state index in [1.54, 1.807) is 18.8 Å². The SMILES string of the molecule is COc1ccc(Cn2c(=O)c3nc4c(-c5ccccc5)cccn4c3n(Cc3ccc(OC)cc3)c2=O)cc1. The Bertz CT molecular complexity index is 1900. The molecule has 3 heterocycles. The molecule has 6 aromatic rings. The molecule has 3 aromatic carbocycles. The maximum Gasteiger partial charge on any atom is 0.333 e. The largest absolute Gasteiger partial charge is 0.497 e. The van der Waals surface area contributed by atoms with Crippen molar-refractivity contribution in [2.45, 2.75) is 13.1 Å². The summed E-state index contributed by atoms with van der Waals surface area (Å²) in [5, 5.41) is 0. The van der Waals surface area contributed by atoms with Gasteiger partial charge in [-0.3, -0.25) is 18.3 Å². The van der Waals surface area contributed by atoms with Gasteiger partial charge in [-0.15, -0.1) is 0 Å².